The quantitative estimate of drug-likeness (QED) is 0.690. The van der Waals surface area contributed by atoms with Crippen LogP contribution in [-0.4, -0.2) is 14.2 Å². The smallest absolute Gasteiger partial charge is 0.339 e. The fourth-order valence-electron chi connectivity index (χ4n) is 2.53. The van der Waals surface area contributed by atoms with Crippen molar-refractivity contribution in [3.8, 4) is 17.6 Å². The van der Waals surface area contributed by atoms with Crippen LogP contribution < -0.4 is 15.1 Å². The van der Waals surface area contributed by atoms with Crippen LogP contribution in [0.15, 0.2) is 51.7 Å². The van der Waals surface area contributed by atoms with Gasteiger partial charge >= 0.3 is 5.63 Å². The molecular formula is C19H15NO4. The Hall–Kier alpha value is -3.26. The fourth-order valence-corrected chi connectivity index (χ4v) is 2.53. The monoisotopic (exact) mass is 321 g/mol. The lowest BCUT2D eigenvalue weighted by molar-refractivity contribution is 0.395. The normalized spacial score (nSPS) is 10.4. The number of rotatable bonds is 4. The van der Waals surface area contributed by atoms with Crippen LogP contribution in [0.4, 0.5) is 0 Å². The van der Waals surface area contributed by atoms with Crippen LogP contribution in [0.3, 0.4) is 0 Å². The molecule has 2 aromatic carbocycles. The van der Waals surface area contributed by atoms with Gasteiger partial charge in [-0.25, -0.2) is 4.79 Å². The summed E-state index contributed by atoms with van der Waals surface area (Å²) in [7, 11) is 3.09. The summed E-state index contributed by atoms with van der Waals surface area (Å²) in [6, 6.07) is 14.4. The number of fused-ring (bicyclic) bond motifs is 1. The third kappa shape index (κ3) is 2.95. The SMILES string of the molecule is COc1cc(OC)c2cc(Cc3ccc(C#N)cc3)c(=O)oc2c1. The fraction of sp³-hybridized carbons (Fsp3) is 0.158. The maximum atomic E-state index is 12.3. The highest BCUT2D eigenvalue weighted by Crippen LogP contribution is 2.31. The van der Waals surface area contributed by atoms with Gasteiger partial charge in [-0.05, 0) is 23.8 Å². The van der Waals surface area contributed by atoms with Gasteiger partial charge in [-0.1, -0.05) is 12.1 Å². The Kier molecular flexibility index (Phi) is 4.21. The van der Waals surface area contributed by atoms with Gasteiger partial charge in [0.25, 0.3) is 0 Å². The van der Waals surface area contributed by atoms with Gasteiger partial charge in [0.1, 0.15) is 17.1 Å². The Labute approximate surface area is 138 Å². The van der Waals surface area contributed by atoms with Gasteiger partial charge in [0.05, 0.1) is 31.2 Å². The summed E-state index contributed by atoms with van der Waals surface area (Å²) in [5, 5.41) is 9.55. The highest BCUT2D eigenvalue weighted by molar-refractivity contribution is 5.85. The summed E-state index contributed by atoms with van der Waals surface area (Å²) < 4.78 is 16.0. The average Bonchev–Trinajstić information content (AvgIpc) is 2.62. The van der Waals surface area contributed by atoms with Crippen molar-refractivity contribution < 1.29 is 13.9 Å². The number of nitriles is 1. The minimum atomic E-state index is -0.401. The summed E-state index contributed by atoms with van der Waals surface area (Å²) in [5.74, 6) is 1.14. The molecule has 5 heteroatoms. The zero-order valence-corrected chi connectivity index (χ0v) is 13.3. The number of nitrogens with zero attached hydrogens (tertiary/aromatic N) is 1. The number of methoxy groups -OCH3 is 2. The third-order valence-corrected chi connectivity index (χ3v) is 3.79. The van der Waals surface area contributed by atoms with E-state index in [2.05, 4.69) is 6.07 Å². The molecule has 0 N–H and O–H groups in total. The molecule has 1 aromatic heterocycles. The van der Waals surface area contributed by atoms with Gasteiger partial charge in [-0.15, -0.1) is 0 Å². The van der Waals surface area contributed by atoms with Crippen molar-refractivity contribution in [2.45, 2.75) is 6.42 Å². The molecular weight excluding hydrogens is 306 g/mol. The number of ether oxygens (including phenoxy) is 2. The lowest BCUT2D eigenvalue weighted by atomic mass is 10.0. The molecule has 0 unspecified atom stereocenters. The maximum absolute atomic E-state index is 12.3. The van der Waals surface area contributed by atoms with Crippen molar-refractivity contribution in [1.29, 1.82) is 5.26 Å². The summed E-state index contributed by atoms with van der Waals surface area (Å²) in [6.07, 6.45) is 0.416. The van der Waals surface area contributed by atoms with Gasteiger partial charge < -0.3 is 13.9 Å². The predicted molar refractivity (Wildman–Crippen MR) is 89.6 cm³/mol. The molecule has 3 aromatic rings. The predicted octanol–water partition coefficient (Wildman–Crippen LogP) is 3.27. The number of hydrogen-bond donors (Lipinski definition) is 0. The Morgan fingerprint density at radius 2 is 1.83 bits per heavy atom. The molecule has 24 heavy (non-hydrogen) atoms. The summed E-state index contributed by atoms with van der Waals surface area (Å²) in [5.41, 5.74) is 2.05. The first-order valence-electron chi connectivity index (χ1n) is 7.32. The molecule has 0 aliphatic carbocycles. The first kappa shape index (κ1) is 15.6. The van der Waals surface area contributed by atoms with Crippen molar-refractivity contribution in [2.75, 3.05) is 14.2 Å². The van der Waals surface area contributed by atoms with E-state index in [0.717, 1.165) is 5.56 Å². The van der Waals surface area contributed by atoms with Gasteiger partial charge in [-0.3, -0.25) is 0 Å². The highest BCUT2D eigenvalue weighted by atomic mass is 16.5. The molecule has 1 heterocycles. The molecule has 0 aliphatic heterocycles. The maximum Gasteiger partial charge on any atom is 0.339 e. The summed E-state index contributed by atoms with van der Waals surface area (Å²) in [4.78, 5) is 12.3. The highest BCUT2D eigenvalue weighted by Gasteiger charge is 2.12. The van der Waals surface area contributed by atoms with Crippen molar-refractivity contribution in [3.63, 3.8) is 0 Å². The molecule has 5 nitrogen and oxygen atoms in total. The Morgan fingerprint density at radius 1 is 1.08 bits per heavy atom. The number of benzene rings is 2. The van der Waals surface area contributed by atoms with Crippen LogP contribution >= 0.6 is 0 Å². The van der Waals surface area contributed by atoms with Gasteiger partial charge in [0.2, 0.25) is 0 Å². The standard InChI is InChI=1S/C19H15NO4/c1-22-15-9-17(23-2)16-8-14(19(21)24-18(16)10-15)7-12-3-5-13(11-20)6-4-12/h3-6,8-10H,7H2,1-2H3. The molecule has 0 spiro atoms. The zero-order chi connectivity index (χ0) is 17.1. The molecule has 3 rings (SSSR count). The Morgan fingerprint density at radius 3 is 2.46 bits per heavy atom. The van der Waals surface area contributed by atoms with Gasteiger partial charge in [-0.2, -0.15) is 5.26 Å². The Bertz CT molecular complexity index is 981. The molecule has 0 atom stereocenters. The van der Waals surface area contributed by atoms with Crippen molar-refractivity contribution >= 4 is 11.0 Å². The first-order chi connectivity index (χ1) is 11.6. The third-order valence-electron chi connectivity index (χ3n) is 3.79. The molecule has 0 saturated carbocycles. The molecule has 0 radical (unpaired) electrons. The van der Waals surface area contributed by atoms with Crippen LogP contribution in [0.2, 0.25) is 0 Å². The molecule has 0 bridgehead atoms. The molecule has 0 saturated heterocycles. The first-order valence-corrected chi connectivity index (χ1v) is 7.32. The molecule has 0 fully saturated rings. The average molecular weight is 321 g/mol. The lowest BCUT2D eigenvalue weighted by Gasteiger charge is -2.09. The van der Waals surface area contributed by atoms with E-state index in [9.17, 15) is 4.79 Å². The van der Waals surface area contributed by atoms with E-state index in [1.165, 1.54) is 7.11 Å². The second-order valence-corrected chi connectivity index (χ2v) is 5.29. The van der Waals surface area contributed by atoms with Crippen LogP contribution in [0.1, 0.15) is 16.7 Å². The lowest BCUT2D eigenvalue weighted by Crippen LogP contribution is -2.08. The summed E-state index contributed by atoms with van der Waals surface area (Å²) in [6.45, 7) is 0. The van der Waals surface area contributed by atoms with E-state index in [4.69, 9.17) is 19.2 Å². The Balaban J connectivity index is 2.06. The summed E-state index contributed by atoms with van der Waals surface area (Å²) >= 11 is 0. The largest absolute Gasteiger partial charge is 0.496 e. The topological polar surface area (TPSA) is 72.5 Å². The zero-order valence-electron chi connectivity index (χ0n) is 13.3. The molecule has 0 amide bonds. The minimum Gasteiger partial charge on any atom is -0.496 e. The van der Waals surface area contributed by atoms with Gasteiger partial charge in [0.15, 0.2) is 0 Å². The van der Waals surface area contributed by atoms with E-state index in [0.29, 0.717) is 40.0 Å². The minimum absolute atomic E-state index is 0.401. The van der Waals surface area contributed by atoms with E-state index >= 15 is 0 Å². The second kappa shape index (κ2) is 6.47. The van der Waals surface area contributed by atoms with Crippen molar-refractivity contribution in [2.24, 2.45) is 0 Å². The molecule has 120 valence electrons. The van der Waals surface area contributed by atoms with E-state index in [1.807, 2.05) is 12.1 Å². The van der Waals surface area contributed by atoms with Gasteiger partial charge in [0, 0.05) is 24.1 Å². The van der Waals surface area contributed by atoms with E-state index in [-0.39, 0.29) is 0 Å². The number of hydrogen-bond acceptors (Lipinski definition) is 5. The van der Waals surface area contributed by atoms with Crippen LogP contribution in [0, 0.1) is 11.3 Å². The second-order valence-electron chi connectivity index (χ2n) is 5.29. The van der Waals surface area contributed by atoms with E-state index < -0.39 is 5.63 Å². The van der Waals surface area contributed by atoms with Crippen LogP contribution in [-0.2, 0) is 6.42 Å². The van der Waals surface area contributed by atoms with Crippen molar-refractivity contribution in [1.82, 2.24) is 0 Å². The van der Waals surface area contributed by atoms with Crippen LogP contribution in [0.5, 0.6) is 11.5 Å². The van der Waals surface area contributed by atoms with E-state index in [1.54, 1.807) is 37.4 Å². The molecule has 0 aliphatic rings. The van der Waals surface area contributed by atoms with Crippen LogP contribution in [0.25, 0.3) is 11.0 Å². The van der Waals surface area contributed by atoms with Crippen molar-refractivity contribution in [3.05, 3.63) is 69.6 Å².